The molecule has 9 heteroatoms. The van der Waals surface area contributed by atoms with Crippen molar-refractivity contribution in [2.24, 2.45) is 5.73 Å². The fraction of sp³-hybridized carbons (Fsp3) is 0.316. The molecule has 2 heterocycles. The van der Waals surface area contributed by atoms with Crippen molar-refractivity contribution in [3.8, 4) is 11.1 Å². The minimum atomic E-state index is -0.846. The zero-order valence-corrected chi connectivity index (χ0v) is 28.5. The maximum atomic E-state index is 14.4. The maximum Gasteiger partial charge on any atom is 0.246 e. The van der Waals surface area contributed by atoms with E-state index in [1.165, 1.54) is 15.9 Å². The van der Waals surface area contributed by atoms with E-state index in [9.17, 15) is 14.4 Å². The number of amides is 3. The van der Waals surface area contributed by atoms with E-state index >= 15 is 0 Å². The van der Waals surface area contributed by atoms with Gasteiger partial charge in [-0.15, -0.1) is 11.3 Å². The molecule has 8 nitrogen and oxygen atoms in total. The summed E-state index contributed by atoms with van der Waals surface area (Å²) in [5.74, 6) is -0.863. The Morgan fingerprint density at radius 2 is 1.53 bits per heavy atom. The molecular weight excluding hydrogens is 607 g/mol. The molecular formula is C38H45N5O3S. The van der Waals surface area contributed by atoms with Crippen LogP contribution in [-0.4, -0.2) is 70.8 Å². The van der Waals surface area contributed by atoms with Crippen LogP contribution in [0.15, 0.2) is 109 Å². The van der Waals surface area contributed by atoms with Crippen LogP contribution in [0.2, 0.25) is 0 Å². The number of thiophene rings is 1. The van der Waals surface area contributed by atoms with E-state index in [1.54, 1.807) is 43.9 Å². The van der Waals surface area contributed by atoms with Gasteiger partial charge >= 0.3 is 0 Å². The first-order valence-electron chi connectivity index (χ1n) is 15.8. The van der Waals surface area contributed by atoms with Crippen molar-refractivity contribution in [3.63, 3.8) is 0 Å². The van der Waals surface area contributed by atoms with Crippen molar-refractivity contribution in [3.05, 3.63) is 125 Å². The van der Waals surface area contributed by atoms with Gasteiger partial charge in [0.25, 0.3) is 0 Å². The second-order valence-corrected chi connectivity index (χ2v) is 13.5. The smallest absolute Gasteiger partial charge is 0.246 e. The van der Waals surface area contributed by atoms with Gasteiger partial charge in [-0.2, -0.15) is 0 Å². The highest BCUT2D eigenvalue weighted by atomic mass is 32.1. The summed E-state index contributed by atoms with van der Waals surface area (Å²) in [6.45, 7) is 4.20. The quantitative estimate of drug-likeness (QED) is 0.170. The second-order valence-electron chi connectivity index (χ2n) is 12.5. The molecule has 4 rings (SSSR count). The number of benzene rings is 2. The van der Waals surface area contributed by atoms with Crippen LogP contribution in [0.5, 0.6) is 0 Å². The number of hydrogen-bond acceptors (Lipinski definition) is 6. The predicted molar refractivity (Wildman–Crippen MR) is 190 cm³/mol. The number of pyridine rings is 1. The van der Waals surface area contributed by atoms with Crippen LogP contribution in [0.4, 0.5) is 0 Å². The lowest BCUT2D eigenvalue weighted by Crippen LogP contribution is -2.56. The van der Waals surface area contributed by atoms with E-state index in [0.717, 1.165) is 27.1 Å². The van der Waals surface area contributed by atoms with Gasteiger partial charge in [-0.3, -0.25) is 19.4 Å². The summed E-state index contributed by atoms with van der Waals surface area (Å²) in [4.78, 5) is 49.5. The first kappa shape index (κ1) is 35.3. The fourth-order valence-corrected chi connectivity index (χ4v) is 5.97. The molecule has 2 atom stereocenters. The highest BCUT2D eigenvalue weighted by Gasteiger charge is 2.35. The van der Waals surface area contributed by atoms with E-state index in [2.05, 4.69) is 10.3 Å². The first-order chi connectivity index (χ1) is 22.5. The lowest BCUT2D eigenvalue weighted by molar-refractivity contribution is -0.146. The lowest BCUT2D eigenvalue weighted by atomic mass is 9.98. The van der Waals surface area contributed by atoms with Crippen LogP contribution < -0.4 is 11.1 Å². The van der Waals surface area contributed by atoms with Crippen LogP contribution in [0.1, 0.15) is 36.3 Å². The zero-order chi connectivity index (χ0) is 33.8. The predicted octanol–water partition coefficient (Wildman–Crippen LogP) is 5.29. The van der Waals surface area contributed by atoms with Crippen molar-refractivity contribution in [1.82, 2.24) is 20.1 Å². The summed E-state index contributed by atoms with van der Waals surface area (Å²) >= 11 is 1.54. The molecule has 4 aromatic rings. The van der Waals surface area contributed by atoms with E-state index < -0.39 is 17.6 Å². The van der Waals surface area contributed by atoms with Crippen LogP contribution in [0.25, 0.3) is 11.1 Å². The van der Waals surface area contributed by atoms with Gasteiger partial charge in [0.1, 0.15) is 12.1 Å². The second kappa shape index (κ2) is 16.8. The minimum absolute atomic E-state index is 0.242. The Labute approximate surface area is 282 Å². The zero-order valence-electron chi connectivity index (χ0n) is 27.6. The van der Waals surface area contributed by atoms with E-state index in [-0.39, 0.29) is 24.1 Å². The van der Waals surface area contributed by atoms with E-state index in [1.807, 2.05) is 98.1 Å². The molecule has 246 valence electrons. The van der Waals surface area contributed by atoms with Crippen molar-refractivity contribution >= 4 is 29.1 Å². The molecule has 2 aromatic carbocycles. The van der Waals surface area contributed by atoms with Gasteiger partial charge < -0.3 is 20.9 Å². The van der Waals surface area contributed by atoms with Crippen LogP contribution in [-0.2, 0) is 33.6 Å². The Hall–Kier alpha value is -4.60. The third-order valence-corrected chi connectivity index (χ3v) is 8.95. The SMILES string of the molecule is CN(C(=O)/C=C/CC(C)(C)N)C(Cc1ccc(-c2ccccc2)cc1)C(=O)N(C)C(Cc1cccs1)C(=O)NCCc1ccncc1. The number of nitrogens with zero attached hydrogens (tertiary/aromatic N) is 3. The van der Waals surface area contributed by atoms with Crippen molar-refractivity contribution in [2.45, 2.75) is 57.2 Å². The third-order valence-electron chi connectivity index (χ3n) is 8.05. The topological polar surface area (TPSA) is 109 Å². The maximum absolute atomic E-state index is 14.4. The molecule has 0 saturated heterocycles. The highest BCUT2D eigenvalue weighted by Crippen LogP contribution is 2.22. The lowest BCUT2D eigenvalue weighted by Gasteiger charge is -2.34. The molecule has 0 aliphatic rings. The number of carbonyl (C=O) groups is 3. The van der Waals surface area contributed by atoms with Crippen molar-refractivity contribution in [2.75, 3.05) is 20.6 Å². The van der Waals surface area contributed by atoms with Gasteiger partial charge in [0.2, 0.25) is 17.7 Å². The summed E-state index contributed by atoms with van der Waals surface area (Å²) in [7, 11) is 3.29. The molecule has 2 unspecified atom stereocenters. The summed E-state index contributed by atoms with van der Waals surface area (Å²) in [5.41, 5.74) is 9.76. The number of rotatable bonds is 15. The Balaban J connectivity index is 1.57. The van der Waals surface area contributed by atoms with Crippen molar-refractivity contribution in [1.29, 1.82) is 0 Å². The number of likely N-dealkylation sites (N-methyl/N-ethyl adjacent to an activating group) is 2. The molecule has 0 bridgehead atoms. The highest BCUT2D eigenvalue weighted by molar-refractivity contribution is 7.09. The molecule has 0 saturated carbocycles. The molecule has 0 aliphatic heterocycles. The Kier molecular flexibility index (Phi) is 12.6. The van der Waals surface area contributed by atoms with Gasteiger partial charge in [0.05, 0.1) is 0 Å². The van der Waals surface area contributed by atoms with Gasteiger partial charge in [-0.1, -0.05) is 66.7 Å². The number of carbonyl (C=O) groups excluding carboxylic acids is 3. The largest absolute Gasteiger partial charge is 0.354 e. The molecule has 3 N–H and O–H groups in total. The standard InChI is InChI=1S/C38H45N5O3S/c1-38(2,39)21-8-13-35(44)42(3)34(26-29-14-16-31(17-15-29)30-10-6-5-7-11-30)37(46)43(4)33(27-32-12-9-25-47-32)36(45)41-24-20-28-18-22-40-23-19-28/h5-19,22-23,25,33-34H,20-21,24,26-27,39H2,1-4H3,(H,41,45)/b13-8+. The van der Waals surface area contributed by atoms with Crippen LogP contribution in [0.3, 0.4) is 0 Å². The number of aromatic nitrogens is 1. The van der Waals surface area contributed by atoms with E-state index in [4.69, 9.17) is 5.73 Å². The molecule has 0 fully saturated rings. The minimum Gasteiger partial charge on any atom is -0.354 e. The summed E-state index contributed by atoms with van der Waals surface area (Å²) < 4.78 is 0. The van der Waals surface area contributed by atoms with E-state index in [0.29, 0.717) is 25.8 Å². The third kappa shape index (κ3) is 10.7. The Morgan fingerprint density at radius 1 is 0.851 bits per heavy atom. The molecule has 3 amide bonds. The Morgan fingerprint density at radius 3 is 2.17 bits per heavy atom. The summed E-state index contributed by atoms with van der Waals surface area (Å²) in [5, 5.41) is 4.99. The normalized spacial score (nSPS) is 12.8. The van der Waals surface area contributed by atoms with Gasteiger partial charge in [0.15, 0.2) is 0 Å². The van der Waals surface area contributed by atoms with Gasteiger partial charge in [-0.25, -0.2) is 0 Å². The van der Waals surface area contributed by atoms with Crippen LogP contribution in [0, 0.1) is 0 Å². The molecule has 47 heavy (non-hydrogen) atoms. The summed E-state index contributed by atoms with van der Waals surface area (Å²) in [6, 6.07) is 24.2. The summed E-state index contributed by atoms with van der Waals surface area (Å²) in [6.07, 6.45) is 8.47. The van der Waals surface area contributed by atoms with Gasteiger partial charge in [-0.05, 0) is 78.6 Å². The first-order valence-corrected chi connectivity index (χ1v) is 16.7. The molecule has 0 radical (unpaired) electrons. The average Bonchev–Trinajstić information content (AvgIpc) is 3.59. The molecule has 2 aromatic heterocycles. The number of nitrogens with two attached hydrogens (primary N) is 1. The monoisotopic (exact) mass is 651 g/mol. The average molecular weight is 652 g/mol. The van der Waals surface area contributed by atoms with Gasteiger partial charge in [0, 0.05) is 56.3 Å². The van der Waals surface area contributed by atoms with Crippen molar-refractivity contribution < 1.29 is 14.4 Å². The van der Waals surface area contributed by atoms with Crippen LogP contribution >= 0.6 is 11.3 Å². The fourth-order valence-electron chi connectivity index (χ4n) is 5.22. The molecule has 0 spiro atoms. The number of nitrogens with one attached hydrogen (secondary N) is 1. The Bertz CT molecular complexity index is 1600. The molecule has 0 aliphatic carbocycles. The number of hydrogen-bond donors (Lipinski definition) is 2.